The van der Waals surface area contributed by atoms with Crippen LogP contribution < -0.4 is 10.6 Å². The van der Waals surface area contributed by atoms with Crippen LogP contribution in [0, 0.1) is 11.3 Å². The molecule has 1 aliphatic heterocycles. The van der Waals surface area contributed by atoms with Gasteiger partial charge in [-0.1, -0.05) is 35.3 Å². The average molecular weight is 417 g/mol. The second kappa shape index (κ2) is 7.50. The summed E-state index contributed by atoms with van der Waals surface area (Å²) >= 11 is 11.9. The van der Waals surface area contributed by atoms with Crippen LogP contribution in [-0.2, 0) is 15.1 Å². The van der Waals surface area contributed by atoms with Crippen molar-refractivity contribution in [1.29, 1.82) is 5.26 Å². The summed E-state index contributed by atoms with van der Waals surface area (Å²) in [6.07, 6.45) is 0. The van der Waals surface area contributed by atoms with Crippen LogP contribution in [0.1, 0.15) is 18.1 Å². The summed E-state index contributed by atoms with van der Waals surface area (Å²) in [7, 11) is 0. The van der Waals surface area contributed by atoms with E-state index in [4.69, 9.17) is 28.5 Å². The van der Waals surface area contributed by atoms with Crippen LogP contribution in [0.5, 0.6) is 0 Å². The molecule has 1 heterocycles. The third kappa shape index (κ3) is 3.65. The SMILES string of the molecule is CC1(c2ccc(Cl)c(Cl)c2)NC(=O)N(CC(=O)Nc2cccc(C#N)c2)C1=O. The number of nitrogens with zero attached hydrogens (tertiary/aromatic N) is 2. The largest absolute Gasteiger partial charge is 0.325 e. The second-order valence-corrected chi connectivity index (χ2v) is 7.13. The molecule has 0 saturated carbocycles. The van der Waals surface area contributed by atoms with Crippen molar-refractivity contribution in [2.45, 2.75) is 12.5 Å². The minimum Gasteiger partial charge on any atom is -0.324 e. The zero-order valence-electron chi connectivity index (χ0n) is 14.6. The Hall–Kier alpha value is -3.08. The Balaban J connectivity index is 1.77. The van der Waals surface area contributed by atoms with Crippen molar-refractivity contribution in [2.24, 2.45) is 0 Å². The first-order chi connectivity index (χ1) is 13.2. The summed E-state index contributed by atoms with van der Waals surface area (Å²) in [5, 5.41) is 14.6. The lowest BCUT2D eigenvalue weighted by Crippen LogP contribution is -2.42. The number of nitriles is 1. The van der Waals surface area contributed by atoms with Gasteiger partial charge in [-0.25, -0.2) is 4.79 Å². The van der Waals surface area contributed by atoms with Gasteiger partial charge in [-0.2, -0.15) is 5.26 Å². The molecule has 3 rings (SSSR count). The second-order valence-electron chi connectivity index (χ2n) is 6.32. The Kier molecular flexibility index (Phi) is 5.27. The smallest absolute Gasteiger partial charge is 0.324 e. The lowest BCUT2D eigenvalue weighted by molar-refractivity contribution is -0.133. The van der Waals surface area contributed by atoms with Crippen LogP contribution in [0.4, 0.5) is 10.5 Å². The van der Waals surface area contributed by atoms with E-state index in [1.54, 1.807) is 24.3 Å². The molecule has 1 atom stereocenters. The summed E-state index contributed by atoms with van der Waals surface area (Å²) in [5.41, 5.74) is -0.153. The van der Waals surface area contributed by atoms with Gasteiger partial charge in [-0.05, 0) is 42.8 Å². The molecule has 2 aromatic rings. The third-order valence-electron chi connectivity index (χ3n) is 4.35. The van der Waals surface area contributed by atoms with Crippen LogP contribution in [0.25, 0.3) is 0 Å². The highest BCUT2D eigenvalue weighted by molar-refractivity contribution is 6.42. The van der Waals surface area contributed by atoms with Gasteiger partial charge in [0, 0.05) is 5.69 Å². The minimum absolute atomic E-state index is 0.246. The number of hydrogen-bond acceptors (Lipinski definition) is 4. The number of rotatable bonds is 4. The van der Waals surface area contributed by atoms with Crippen molar-refractivity contribution >= 4 is 46.7 Å². The maximum absolute atomic E-state index is 12.9. The quantitative estimate of drug-likeness (QED) is 0.746. The summed E-state index contributed by atoms with van der Waals surface area (Å²) in [4.78, 5) is 38.3. The van der Waals surface area contributed by atoms with Gasteiger partial charge >= 0.3 is 6.03 Å². The highest BCUT2D eigenvalue weighted by atomic mass is 35.5. The maximum atomic E-state index is 12.9. The van der Waals surface area contributed by atoms with Gasteiger partial charge in [0.1, 0.15) is 12.1 Å². The average Bonchev–Trinajstić information content (AvgIpc) is 2.88. The molecule has 1 unspecified atom stereocenters. The van der Waals surface area contributed by atoms with Gasteiger partial charge in [0.2, 0.25) is 5.91 Å². The monoisotopic (exact) mass is 416 g/mol. The molecule has 0 bridgehead atoms. The van der Waals surface area contributed by atoms with Gasteiger partial charge in [-0.15, -0.1) is 0 Å². The van der Waals surface area contributed by atoms with Crippen molar-refractivity contribution in [3.63, 3.8) is 0 Å². The number of amides is 4. The number of urea groups is 1. The molecule has 142 valence electrons. The molecule has 2 aromatic carbocycles. The molecule has 0 spiro atoms. The summed E-state index contributed by atoms with van der Waals surface area (Å²) < 4.78 is 0. The van der Waals surface area contributed by atoms with Gasteiger partial charge in [0.05, 0.1) is 21.7 Å². The Morgan fingerprint density at radius 1 is 1.21 bits per heavy atom. The molecule has 0 radical (unpaired) electrons. The van der Waals surface area contributed by atoms with Crippen molar-refractivity contribution in [3.8, 4) is 6.07 Å². The van der Waals surface area contributed by atoms with E-state index >= 15 is 0 Å². The van der Waals surface area contributed by atoms with E-state index < -0.39 is 29.9 Å². The number of hydrogen-bond donors (Lipinski definition) is 2. The first-order valence-electron chi connectivity index (χ1n) is 8.14. The summed E-state index contributed by atoms with van der Waals surface area (Å²) in [5.74, 6) is -1.16. The van der Waals surface area contributed by atoms with Gasteiger partial charge < -0.3 is 10.6 Å². The van der Waals surface area contributed by atoms with Crippen molar-refractivity contribution in [2.75, 3.05) is 11.9 Å². The van der Waals surface area contributed by atoms with E-state index in [0.29, 0.717) is 21.8 Å². The predicted octanol–water partition coefficient (Wildman–Crippen LogP) is 3.27. The zero-order chi connectivity index (χ0) is 20.5. The molecule has 4 amide bonds. The van der Waals surface area contributed by atoms with E-state index in [1.807, 2.05) is 6.07 Å². The van der Waals surface area contributed by atoms with Crippen LogP contribution in [0.3, 0.4) is 0 Å². The highest BCUT2D eigenvalue weighted by Gasteiger charge is 2.49. The number of carbonyl (C=O) groups is 3. The van der Waals surface area contributed by atoms with Crippen LogP contribution in [0.15, 0.2) is 42.5 Å². The van der Waals surface area contributed by atoms with Crippen LogP contribution >= 0.6 is 23.2 Å². The van der Waals surface area contributed by atoms with E-state index in [9.17, 15) is 14.4 Å². The van der Waals surface area contributed by atoms with Crippen molar-refractivity contribution < 1.29 is 14.4 Å². The standard InChI is InChI=1S/C19H14Cl2N4O3/c1-19(12-5-6-14(20)15(21)8-12)17(27)25(18(28)24-19)10-16(26)23-13-4-2-3-11(7-13)9-22/h2-8H,10H2,1H3,(H,23,26)(H,24,28). The number of halogens is 2. The fraction of sp³-hybridized carbons (Fsp3) is 0.158. The van der Waals surface area contributed by atoms with Gasteiger partial charge in [0.15, 0.2) is 0 Å². The first kappa shape index (κ1) is 19.7. The molecule has 7 nitrogen and oxygen atoms in total. The number of imide groups is 1. The lowest BCUT2D eigenvalue weighted by Gasteiger charge is -2.22. The maximum Gasteiger partial charge on any atom is 0.325 e. The molecule has 0 aliphatic carbocycles. The molecule has 1 aliphatic rings. The Bertz CT molecular complexity index is 1030. The number of nitrogens with one attached hydrogen (secondary N) is 2. The number of carbonyl (C=O) groups excluding carboxylic acids is 3. The fourth-order valence-electron chi connectivity index (χ4n) is 2.85. The van der Waals surface area contributed by atoms with Crippen molar-refractivity contribution in [1.82, 2.24) is 10.2 Å². The normalized spacial score (nSPS) is 18.6. The van der Waals surface area contributed by atoms with E-state index in [2.05, 4.69) is 10.6 Å². The van der Waals surface area contributed by atoms with Gasteiger partial charge in [0.25, 0.3) is 5.91 Å². The molecule has 1 saturated heterocycles. The van der Waals surface area contributed by atoms with Crippen LogP contribution in [-0.4, -0.2) is 29.3 Å². The molecule has 0 aromatic heterocycles. The number of anilines is 1. The van der Waals surface area contributed by atoms with Crippen molar-refractivity contribution in [3.05, 3.63) is 63.6 Å². The molecule has 28 heavy (non-hydrogen) atoms. The van der Waals surface area contributed by atoms with Crippen LogP contribution in [0.2, 0.25) is 10.0 Å². The molecular weight excluding hydrogens is 403 g/mol. The molecule has 1 fully saturated rings. The Labute approximate surface area is 170 Å². The predicted molar refractivity (Wildman–Crippen MR) is 104 cm³/mol. The Morgan fingerprint density at radius 2 is 1.96 bits per heavy atom. The summed E-state index contributed by atoms with van der Waals surface area (Å²) in [6, 6.07) is 12.2. The lowest BCUT2D eigenvalue weighted by atomic mass is 9.92. The van der Waals surface area contributed by atoms with Gasteiger partial charge in [-0.3, -0.25) is 14.5 Å². The van der Waals surface area contributed by atoms with E-state index in [1.165, 1.54) is 25.1 Å². The third-order valence-corrected chi connectivity index (χ3v) is 5.09. The van der Waals surface area contributed by atoms with E-state index in [-0.39, 0.29) is 5.02 Å². The zero-order valence-corrected chi connectivity index (χ0v) is 16.1. The van der Waals surface area contributed by atoms with E-state index in [0.717, 1.165) is 4.90 Å². The Morgan fingerprint density at radius 3 is 2.64 bits per heavy atom. The fourth-order valence-corrected chi connectivity index (χ4v) is 3.15. The summed E-state index contributed by atoms with van der Waals surface area (Å²) in [6.45, 7) is 1.06. The molecular formula is C19H14Cl2N4O3. The topological polar surface area (TPSA) is 102 Å². The number of benzene rings is 2. The minimum atomic E-state index is -1.37. The molecule has 2 N–H and O–H groups in total. The first-order valence-corrected chi connectivity index (χ1v) is 8.90. The molecule has 9 heteroatoms. The highest BCUT2D eigenvalue weighted by Crippen LogP contribution is 2.32.